The highest BCUT2D eigenvalue weighted by Crippen LogP contribution is 2.33. The van der Waals surface area contributed by atoms with Crippen LogP contribution >= 0.6 is 11.6 Å². The minimum Gasteiger partial charge on any atom is -0.479 e. The van der Waals surface area contributed by atoms with Crippen molar-refractivity contribution in [3.05, 3.63) is 58.4 Å². The maximum atomic E-state index is 13.6. The quantitative estimate of drug-likeness (QED) is 0.433. The second-order valence-corrected chi connectivity index (χ2v) is 8.83. The third-order valence-electron chi connectivity index (χ3n) is 5.02. The molecule has 0 radical (unpaired) electrons. The van der Waals surface area contributed by atoms with Crippen LogP contribution in [0.15, 0.2) is 36.4 Å². The molecule has 3 rings (SSSR count). The monoisotopic (exact) mass is 496 g/mol. The Bertz CT molecular complexity index is 1230. The number of halogens is 5. The van der Waals surface area contributed by atoms with Crippen molar-refractivity contribution in [2.24, 2.45) is 5.41 Å². The molecule has 11 heteroatoms. The Hall–Kier alpha value is -3.27. The predicted octanol–water partition coefficient (Wildman–Crippen LogP) is 5.61. The Labute approximate surface area is 198 Å². The van der Waals surface area contributed by atoms with Crippen LogP contribution < -0.4 is 5.32 Å². The van der Waals surface area contributed by atoms with E-state index in [1.165, 1.54) is 38.1 Å². The Morgan fingerprint density at radius 2 is 1.74 bits per heavy atom. The van der Waals surface area contributed by atoms with Gasteiger partial charge in [-0.3, -0.25) is 4.79 Å². The lowest BCUT2D eigenvalue weighted by Crippen LogP contribution is -2.39. The van der Waals surface area contributed by atoms with E-state index in [2.05, 4.69) is 20.3 Å². The molecule has 6 nitrogen and oxygen atoms in total. The summed E-state index contributed by atoms with van der Waals surface area (Å²) in [6, 6.07) is 8.30. The van der Waals surface area contributed by atoms with Crippen LogP contribution in [0.2, 0.25) is 5.02 Å². The Balaban J connectivity index is 1.87. The van der Waals surface area contributed by atoms with Crippen molar-refractivity contribution in [1.29, 1.82) is 0 Å². The van der Waals surface area contributed by atoms with Crippen LogP contribution in [-0.4, -0.2) is 32.1 Å². The first-order chi connectivity index (χ1) is 15.7. The van der Waals surface area contributed by atoms with Crippen molar-refractivity contribution >= 4 is 17.5 Å². The van der Waals surface area contributed by atoms with E-state index in [0.29, 0.717) is 22.3 Å². The van der Waals surface area contributed by atoms with Gasteiger partial charge >= 0.3 is 12.2 Å². The Morgan fingerprint density at radius 3 is 2.38 bits per heavy atom. The minimum atomic E-state index is -4.48. The number of nitrogens with zero attached hydrogens (tertiary/aromatic N) is 3. The van der Waals surface area contributed by atoms with E-state index in [4.69, 9.17) is 11.6 Å². The van der Waals surface area contributed by atoms with Crippen LogP contribution in [0.5, 0.6) is 6.01 Å². The number of rotatable bonds is 6. The number of nitrogens with one attached hydrogen (secondary N) is 1. The molecule has 0 aliphatic carbocycles. The number of aromatic hydroxyl groups is 1. The van der Waals surface area contributed by atoms with E-state index in [1.807, 2.05) is 0 Å². The molecule has 180 valence electrons. The lowest BCUT2D eigenvalue weighted by molar-refractivity contribution is -0.164. The maximum Gasteiger partial charge on any atom is 0.390 e. The van der Waals surface area contributed by atoms with E-state index in [0.717, 1.165) is 0 Å². The van der Waals surface area contributed by atoms with Crippen LogP contribution in [0.25, 0.3) is 22.8 Å². The van der Waals surface area contributed by atoms with Crippen molar-refractivity contribution in [3.8, 4) is 28.8 Å². The molecule has 1 aromatic heterocycles. The van der Waals surface area contributed by atoms with Crippen LogP contribution in [0.3, 0.4) is 0 Å². The fourth-order valence-electron chi connectivity index (χ4n) is 3.25. The molecule has 0 unspecified atom stereocenters. The zero-order valence-electron chi connectivity index (χ0n) is 18.5. The molecule has 0 atom stereocenters. The summed E-state index contributed by atoms with van der Waals surface area (Å²) in [6.45, 7) is 3.95. The van der Waals surface area contributed by atoms with Gasteiger partial charge in [0.1, 0.15) is 5.82 Å². The molecular formula is C23H21ClF4N4O2. The standard InChI is InChI=1S/C23H21ClF4N4O2/c1-12-8-14(5-7-17(12)25)18-30-19(32-21(34)31-18)15-9-13(4-6-16(15)24)10-29-20(33)22(2,3)11-23(26,27)28/h4-9H,10-11H2,1-3H3,(H,29,33)(H,30,31,32,34). The number of aryl methyl sites for hydroxylation is 1. The van der Waals surface area contributed by atoms with Crippen LogP contribution in [0, 0.1) is 18.2 Å². The van der Waals surface area contributed by atoms with E-state index in [9.17, 15) is 27.5 Å². The molecule has 0 saturated heterocycles. The van der Waals surface area contributed by atoms with E-state index < -0.39 is 35.7 Å². The topological polar surface area (TPSA) is 88.0 Å². The highest BCUT2D eigenvalue weighted by atomic mass is 35.5. The van der Waals surface area contributed by atoms with Gasteiger partial charge in [0.05, 0.1) is 16.9 Å². The third kappa shape index (κ3) is 6.19. The lowest BCUT2D eigenvalue weighted by atomic mass is 9.88. The lowest BCUT2D eigenvalue weighted by Gasteiger charge is -2.24. The first-order valence-corrected chi connectivity index (χ1v) is 10.5. The normalized spacial score (nSPS) is 12.0. The molecule has 0 aliphatic rings. The average molecular weight is 497 g/mol. The molecular weight excluding hydrogens is 476 g/mol. The number of amides is 1. The second-order valence-electron chi connectivity index (χ2n) is 8.42. The third-order valence-corrected chi connectivity index (χ3v) is 5.35. The van der Waals surface area contributed by atoms with Gasteiger partial charge < -0.3 is 10.4 Å². The van der Waals surface area contributed by atoms with Gasteiger partial charge in [-0.2, -0.15) is 23.1 Å². The van der Waals surface area contributed by atoms with Gasteiger partial charge in [0.25, 0.3) is 0 Å². The molecule has 0 saturated carbocycles. The number of benzene rings is 2. The summed E-state index contributed by atoms with van der Waals surface area (Å²) < 4.78 is 51.8. The van der Waals surface area contributed by atoms with E-state index in [-0.39, 0.29) is 23.2 Å². The molecule has 0 aliphatic heterocycles. The number of aromatic nitrogens is 3. The predicted molar refractivity (Wildman–Crippen MR) is 118 cm³/mol. The van der Waals surface area contributed by atoms with Gasteiger partial charge in [0.2, 0.25) is 5.91 Å². The van der Waals surface area contributed by atoms with Crippen molar-refractivity contribution in [3.63, 3.8) is 0 Å². The summed E-state index contributed by atoms with van der Waals surface area (Å²) in [7, 11) is 0. The van der Waals surface area contributed by atoms with E-state index in [1.54, 1.807) is 19.1 Å². The summed E-state index contributed by atoms with van der Waals surface area (Å²) in [6.07, 6.45) is -5.73. The molecule has 0 bridgehead atoms. The van der Waals surface area contributed by atoms with Crippen LogP contribution in [0.1, 0.15) is 31.4 Å². The minimum absolute atomic E-state index is 0.0278. The van der Waals surface area contributed by atoms with Gasteiger partial charge in [-0.05, 0) is 48.4 Å². The zero-order valence-corrected chi connectivity index (χ0v) is 19.2. The molecule has 3 aromatic rings. The highest BCUT2D eigenvalue weighted by molar-refractivity contribution is 6.33. The molecule has 2 aromatic carbocycles. The average Bonchev–Trinajstić information content (AvgIpc) is 2.72. The van der Waals surface area contributed by atoms with Gasteiger partial charge in [-0.15, -0.1) is 0 Å². The van der Waals surface area contributed by atoms with Crippen molar-refractivity contribution < 1.29 is 27.5 Å². The maximum absolute atomic E-state index is 13.6. The highest BCUT2D eigenvalue weighted by Gasteiger charge is 2.40. The number of carbonyl (C=O) groups is 1. The van der Waals surface area contributed by atoms with Crippen LogP contribution in [-0.2, 0) is 11.3 Å². The molecule has 1 amide bonds. The van der Waals surface area contributed by atoms with Crippen molar-refractivity contribution in [2.45, 2.75) is 39.9 Å². The molecule has 0 fully saturated rings. The van der Waals surface area contributed by atoms with Gasteiger partial charge in [0.15, 0.2) is 11.6 Å². The van der Waals surface area contributed by atoms with Gasteiger partial charge in [0, 0.05) is 17.7 Å². The first kappa shape index (κ1) is 25.4. The summed E-state index contributed by atoms with van der Waals surface area (Å²) in [5.41, 5.74) is -0.00164. The summed E-state index contributed by atoms with van der Waals surface area (Å²) in [5, 5.41) is 12.8. The fraction of sp³-hybridized carbons (Fsp3) is 0.304. The molecule has 0 spiro atoms. The van der Waals surface area contributed by atoms with Crippen LogP contribution in [0.4, 0.5) is 17.6 Å². The number of carbonyl (C=O) groups excluding carboxylic acids is 1. The van der Waals surface area contributed by atoms with Crippen molar-refractivity contribution in [1.82, 2.24) is 20.3 Å². The summed E-state index contributed by atoms with van der Waals surface area (Å²) >= 11 is 6.29. The number of hydrogen-bond donors (Lipinski definition) is 2. The molecule has 1 heterocycles. The number of hydrogen-bond acceptors (Lipinski definition) is 5. The molecule has 2 N–H and O–H groups in total. The largest absolute Gasteiger partial charge is 0.479 e. The number of alkyl halides is 3. The summed E-state index contributed by atoms with van der Waals surface area (Å²) in [5.74, 6) is -1.04. The van der Waals surface area contributed by atoms with Gasteiger partial charge in [-0.25, -0.2) is 9.37 Å². The first-order valence-electron chi connectivity index (χ1n) is 10.1. The zero-order chi connectivity index (χ0) is 25.3. The smallest absolute Gasteiger partial charge is 0.390 e. The Kier molecular flexibility index (Phi) is 7.11. The SMILES string of the molecule is Cc1cc(-c2nc(O)nc(-c3cc(CNC(=O)C(C)(C)CC(F)(F)F)ccc3Cl)n2)ccc1F. The Morgan fingerprint density at radius 1 is 1.06 bits per heavy atom. The van der Waals surface area contributed by atoms with Crippen molar-refractivity contribution in [2.75, 3.05) is 0 Å². The summed E-state index contributed by atoms with van der Waals surface area (Å²) in [4.78, 5) is 24.4. The van der Waals surface area contributed by atoms with E-state index >= 15 is 0 Å². The molecule has 34 heavy (non-hydrogen) atoms. The van der Waals surface area contributed by atoms with Gasteiger partial charge in [-0.1, -0.05) is 31.5 Å². The second kappa shape index (κ2) is 9.54. The fourth-order valence-corrected chi connectivity index (χ4v) is 3.46.